The number of anilines is 1. The minimum absolute atomic E-state index is 0.137. The molecule has 114 valence electrons. The molecule has 0 bridgehead atoms. The summed E-state index contributed by atoms with van der Waals surface area (Å²) in [6.07, 6.45) is 1.25. The Morgan fingerprint density at radius 3 is 2.73 bits per heavy atom. The molecule has 0 unspecified atom stereocenters. The topological polar surface area (TPSA) is 70.9 Å². The summed E-state index contributed by atoms with van der Waals surface area (Å²) in [5.74, 6) is 0.193. The van der Waals surface area contributed by atoms with E-state index in [-0.39, 0.29) is 12.5 Å². The summed E-state index contributed by atoms with van der Waals surface area (Å²) in [5.41, 5.74) is 2.41. The average molecular weight is 363 g/mol. The van der Waals surface area contributed by atoms with Crippen LogP contribution in [-0.2, 0) is 4.79 Å². The Morgan fingerprint density at radius 2 is 2.05 bits per heavy atom. The highest BCUT2D eigenvalue weighted by atomic mass is 79.9. The summed E-state index contributed by atoms with van der Waals surface area (Å²) in [5, 5.41) is 14.4. The van der Waals surface area contributed by atoms with E-state index < -0.39 is 0 Å². The molecule has 0 atom stereocenters. The summed E-state index contributed by atoms with van der Waals surface area (Å²) >= 11 is 3.32. The number of oxime groups is 1. The molecule has 6 heteroatoms. The zero-order valence-electron chi connectivity index (χ0n) is 11.9. The van der Waals surface area contributed by atoms with Gasteiger partial charge in [0.15, 0.2) is 6.61 Å². The lowest BCUT2D eigenvalue weighted by Gasteiger charge is -2.10. The molecular formula is C16H15BrN2O3. The summed E-state index contributed by atoms with van der Waals surface area (Å²) in [4.78, 5) is 11.9. The largest absolute Gasteiger partial charge is 0.483 e. The van der Waals surface area contributed by atoms with Crippen LogP contribution in [0.5, 0.6) is 5.75 Å². The van der Waals surface area contributed by atoms with Gasteiger partial charge in [-0.25, -0.2) is 0 Å². The van der Waals surface area contributed by atoms with Crippen molar-refractivity contribution in [2.75, 3.05) is 11.9 Å². The van der Waals surface area contributed by atoms with Gasteiger partial charge in [0.25, 0.3) is 5.91 Å². The van der Waals surface area contributed by atoms with Gasteiger partial charge in [-0.3, -0.25) is 4.79 Å². The van der Waals surface area contributed by atoms with Crippen molar-refractivity contribution >= 4 is 33.7 Å². The Hall–Kier alpha value is -2.34. The molecule has 5 nitrogen and oxygen atoms in total. The van der Waals surface area contributed by atoms with Gasteiger partial charge in [0.2, 0.25) is 0 Å². The van der Waals surface area contributed by atoms with Crippen LogP contribution in [0.15, 0.2) is 52.1 Å². The number of hydrogen-bond acceptors (Lipinski definition) is 4. The molecule has 0 aliphatic rings. The number of nitrogens with zero attached hydrogens (tertiary/aromatic N) is 1. The second-order valence-corrected chi connectivity index (χ2v) is 5.55. The summed E-state index contributed by atoms with van der Waals surface area (Å²) < 4.78 is 6.29. The molecule has 2 aromatic rings. The van der Waals surface area contributed by atoms with E-state index >= 15 is 0 Å². The second-order valence-electron chi connectivity index (χ2n) is 4.63. The second kappa shape index (κ2) is 7.61. The molecule has 0 aliphatic heterocycles. The van der Waals surface area contributed by atoms with E-state index in [0.717, 1.165) is 10.0 Å². The minimum atomic E-state index is -0.265. The van der Waals surface area contributed by atoms with Gasteiger partial charge >= 0.3 is 0 Å². The van der Waals surface area contributed by atoms with Gasteiger partial charge in [-0.2, -0.15) is 0 Å². The van der Waals surface area contributed by atoms with Crippen LogP contribution in [0.25, 0.3) is 0 Å². The molecule has 0 spiro atoms. The van der Waals surface area contributed by atoms with Gasteiger partial charge in [0.1, 0.15) is 5.75 Å². The van der Waals surface area contributed by atoms with E-state index in [4.69, 9.17) is 9.94 Å². The maximum absolute atomic E-state index is 11.9. The van der Waals surface area contributed by atoms with E-state index in [1.165, 1.54) is 6.21 Å². The lowest BCUT2D eigenvalue weighted by molar-refractivity contribution is -0.118. The fourth-order valence-electron chi connectivity index (χ4n) is 1.79. The Kier molecular flexibility index (Phi) is 5.55. The first-order valence-electron chi connectivity index (χ1n) is 6.55. The first-order valence-corrected chi connectivity index (χ1v) is 7.34. The van der Waals surface area contributed by atoms with Crippen LogP contribution in [-0.4, -0.2) is 23.9 Å². The number of nitrogens with one attached hydrogen (secondary N) is 1. The van der Waals surface area contributed by atoms with Crippen molar-refractivity contribution < 1.29 is 14.7 Å². The zero-order chi connectivity index (χ0) is 15.9. The lowest BCUT2D eigenvalue weighted by Crippen LogP contribution is -2.20. The normalized spacial score (nSPS) is 10.6. The smallest absolute Gasteiger partial charge is 0.262 e. The maximum Gasteiger partial charge on any atom is 0.262 e. The van der Waals surface area contributed by atoms with E-state index in [9.17, 15) is 4.79 Å². The number of carbonyl (C=O) groups excluding carboxylic acids is 1. The van der Waals surface area contributed by atoms with E-state index in [2.05, 4.69) is 26.4 Å². The molecule has 0 fully saturated rings. The maximum atomic E-state index is 11.9. The predicted molar refractivity (Wildman–Crippen MR) is 88.8 cm³/mol. The number of amides is 1. The van der Waals surface area contributed by atoms with Crippen molar-refractivity contribution in [2.24, 2.45) is 5.16 Å². The summed E-state index contributed by atoms with van der Waals surface area (Å²) in [6, 6.07) is 12.7. The number of benzene rings is 2. The van der Waals surface area contributed by atoms with Gasteiger partial charge < -0.3 is 15.3 Å². The SMILES string of the molecule is Cc1ccc(NC(=O)COc2ccc(Br)cc2/C=N\O)cc1. The fraction of sp³-hybridized carbons (Fsp3) is 0.125. The van der Waals surface area contributed by atoms with Crippen molar-refractivity contribution in [1.82, 2.24) is 0 Å². The Bertz CT molecular complexity index is 684. The van der Waals surface area contributed by atoms with Crippen LogP contribution in [0.2, 0.25) is 0 Å². The number of hydrogen-bond donors (Lipinski definition) is 2. The van der Waals surface area contributed by atoms with Crippen molar-refractivity contribution in [1.29, 1.82) is 0 Å². The molecule has 0 aliphatic carbocycles. The van der Waals surface area contributed by atoms with Crippen molar-refractivity contribution in [2.45, 2.75) is 6.92 Å². The minimum Gasteiger partial charge on any atom is -0.483 e. The third-order valence-electron chi connectivity index (χ3n) is 2.86. The molecule has 22 heavy (non-hydrogen) atoms. The first-order chi connectivity index (χ1) is 10.6. The zero-order valence-corrected chi connectivity index (χ0v) is 13.5. The van der Waals surface area contributed by atoms with Crippen LogP contribution in [0.1, 0.15) is 11.1 Å². The van der Waals surface area contributed by atoms with Crippen LogP contribution in [0.3, 0.4) is 0 Å². The van der Waals surface area contributed by atoms with Gasteiger partial charge in [-0.05, 0) is 37.3 Å². The van der Waals surface area contributed by atoms with Crippen LogP contribution in [0, 0.1) is 6.92 Å². The number of aryl methyl sites for hydroxylation is 1. The number of ether oxygens (including phenoxy) is 1. The standard InChI is InChI=1S/C16H15BrN2O3/c1-11-2-5-14(6-3-11)19-16(20)10-22-15-7-4-13(17)8-12(15)9-18-21/h2-9,21H,10H2,1H3,(H,19,20)/b18-9-. The van der Waals surface area contributed by atoms with Gasteiger partial charge in [-0.1, -0.05) is 38.8 Å². The van der Waals surface area contributed by atoms with Gasteiger partial charge in [0.05, 0.1) is 6.21 Å². The first kappa shape index (κ1) is 16.0. The molecule has 0 radical (unpaired) electrons. The Labute approximate surface area is 136 Å². The molecule has 1 amide bonds. The monoisotopic (exact) mass is 362 g/mol. The number of halogens is 1. The Morgan fingerprint density at radius 1 is 1.32 bits per heavy atom. The lowest BCUT2D eigenvalue weighted by atomic mass is 10.2. The molecule has 2 N–H and O–H groups in total. The van der Waals surface area contributed by atoms with E-state index in [1.54, 1.807) is 18.2 Å². The van der Waals surface area contributed by atoms with Gasteiger partial charge in [-0.15, -0.1) is 0 Å². The Balaban J connectivity index is 1.97. The van der Waals surface area contributed by atoms with Gasteiger partial charge in [0, 0.05) is 15.7 Å². The third kappa shape index (κ3) is 4.60. The fourth-order valence-corrected chi connectivity index (χ4v) is 2.17. The molecule has 0 aromatic heterocycles. The highest BCUT2D eigenvalue weighted by molar-refractivity contribution is 9.10. The predicted octanol–water partition coefficient (Wildman–Crippen LogP) is 3.58. The highest BCUT2D eigenvalue weighted by Crippen LogP contribution is 2.22. The molecule has 2 rings (SSSR count). The number of rotatable bonds is 5. The molecular weight excluding hydrogens is 348 g/mol. The van der Waals surface area contributed by atoms with Crippen molar-refractivity contribution in [3.8, 4) is 5.75 Å². The van der Waals surface area contributed by atoms with Crippen LogP contribution >= 0.6 is 15.9 Å². The van der Waals surface area contributed by atoms with E-state index in [0.29, 0.717) is 17.0 Å². The van der Waals surface area contributed by atoms with E-state index in [1.807, 2.05) is 31.2 Å². The molecule has 0 heterocycles. The third-order valence-corrected chi connectivity index (χ3v) is 3.36. The quantitative estimate of drug-likeness (QED) is 0.485. The van der Waals surface area contributed by atoms with Crippen LogP contribution in [0.4, 0.5) is 5.69 Å². The number of carbonyl (C=O) groups is 1. The molecule has 0 saturated carbocycles. The summed E-state index contributed by atoms with van der Waals surface area (Å²) in [7, 11) is 0. The van der Waals surface area contributed by atoms with Crippen molar-refractivity contribution in [3.05, 3.63) is 58.1 Å². The molecule has 0 saturated heterocycles. The molecule has 2 aromatic carbocycles. The highest BCUT2D eigenvalue weighted by Gasteiger charge is 2.07. The van der Waals surface area contributed by atoms with Crippen LogP contribution < -0.4 is 10.1 Å². The average Bonchev–Trinajstić information content (AvgIpc) is 2.49. The summed E-state index contributed by atoms with van der Waals surface area (Å²) in [6.45, 7) is 1.84. The van der Waals surface area contributed by atoms with Crippen molar-refractivity contribution in [3.63, 3.8) is 0 Å².